The minimum Gasteiger partial charge on any atom is -0.326 e. The minimum absolute atomic E-state index is 0.0298. The molecule has 8 heteroatoms. The molecule has 0 radical (unpaired) electrons. The van der Waals surface area contributed by atoms with Crippen LogP contribution in [0.25, 0.3) is 0 Å². The van der Waals surface area contributed by atoms with E-state index in [1.165, 1.54) is 31.2 Å². The van der Waals surface area contributed by atoms with Gasteiger partial charge in [0.25, 0.3) is 5.91 Å². The molecule has 138 valence electrons. The highest BCUT2D eigenvalue weighted by Gasteiger charge is 2.25. The van der Waals surface area contributed by atoms with Gasteiger partial charge in [0, 0.05) is 12.6 Å². The topological polar surface area (TPSA) is 92.3 Å². The molecular formula is C18H19ClN2O4S. The summed E-state index contributed by atoms with van der Waals surface area (Å²) in [4.78, 5) is 23.8. The summed E-state index contributed by atoms with van der Waals surface area (Å²) in [5.74, 6) is -0.871. The normalized spacial score (nSPS) is 11.3. The third-order valence-corrected chi connectivity index (χ3v) is 6.13. The lowest BCUT2D eigenvalue weighted by atomic mass is 10.2. The standard InChI is InChI=1S/C18H19ClN2O4S/c1-11(2)26(24,25)17-7-5-4-6-14(17)18(23)21-16-10-13(20-12(3)22)8-9-15(16)19/h4-11H,1-3H3,(H,20,22)(H,21,23). The first kappa shape index (κ1) is 19.9. The molecule has 0 aromatic heterocycles. The molecular weight excluding hydrogens is 376 g/mol. The summed E-state index contributed by atoms with van der Waals surface area (Å²) in [6, 6.07) is 10.6. The van der Waals surface area contributed by atoms with Crippen LogP contribution in [0.1, 0.15) is 31.1 Å². The second-order valence-electron chi connectivity index (χ2n) is 5.92. The van der Waals surface area contributed by atoms with Crippen LogP contribution in [0.3, 0.4) is 0 Å². The van der Waals surface area contributed by atoms with Crippen molar-refractivity contribution in [1.29, 1.82) is 0 Å². The molecule has 0 atom stereocenters. The molecule has 0 saturated heterocycles. The molecule has 0 heterocycles. The maximum atomic E-state index is 12.7. The first-order chi connectivity index (χ1) is 12.1. The molecule has 2 aromatic rings. The van der Waals surface area contributed by atoms with Crippen LogP contribution in [0, 0.1) is 0 Å². The summed E-state index contributed by atoms with van der Waals surface area (Å²) in [5.41, 5.74) is 0.752. The van der Waals surface area contributed by atoms with E-state index >= 15 is 0 Å². The van der Waals surface area contributed by atoms with Crippen molar-refractivity contribution >= 4 is 44.6 Å². The van der Waals surface area contributed by atoms with Crippen LogP contribution in [0.5, 0.6) is 0 Å². The van der Waals surface area contributed by atoms with Crippen molar-refractivity contribution in [1.82, 2.24) is 0 Å². The summed E-state index contributed by atoms with van der Waals surface area (Å²) in [5, 5.41) is 4.79. The molecule has 0 saturated carbocycles. The first-order valence-corrected chi connectivity index (χ1v) is 9.76. The van der Waals surface area contributed by atoms with Gasteiger partial charge in [0.1, 0.15) is 0 Å². The number of carbonyl (C=O) groups is 2. The first-order valence-electron chi connectivity index (χ1n) is 7.84. The number of halogens is 1. The lowest BCUT2D eigenvalue weighted by molar-refractivity contribution is -0.114. The van der Waals surface area contributed by atoms with Gasteiger partial charge in [-0.05, 0) is 44.2 Å². The van der Waals surface area contributed by atoms with Gasteiger partial charge >= 0.3 is 0 Å². The quantitative estimate of drug-likeness (QED) is 0.808. The van der Waals surface area contributed by atoms with Crippen molar-refractivity contribution in [2.45, 2.75) is 30.9 Å². The van der Waals surface area contributed by atoms with Crippen LogP contribution in [0.15, 0.2) is 47.4 Å². The van der Waals surface area contributed by atoms with Crippen LogP contribution in [0.2, 0.25) is 5.02 Å². The fourth-order valence-corrected chi connectivity index (χ4v) is 3.66. The summed E-state index contributed by atoms with van der Waals surface area (Å²) in [7, 11) is -3.63. The Morgan fingerprint density at radius 2 is 1.69 bits per heavy atom. The third kappa shape index (κ3) is 4.42. The number of anilines is 2. The molecule has 0 aliphatic carbocycles. The summed E-state index contributed by atoms with van der Waals surface area (Å²) in [6.45, 7) is 4.47. The Bertz CT molecular complexity index is 955. The van der Waals surface area contributed by atoms with Gasteiger partial charge in [-0.25, -0.2) is 8.42 Å². The highest BCUT2D eigenvalue weighted by Crippen LogP contribution is 2.27. The zero-order chi connectivity index (χ0) is 19.5. The molecule has 2 aromatic carbocycles. The van der Waals surface area contributed by atoms with Crippen LogP contribution < -0.4 is 10.6 Å². The number of nitrogens with one attached hydrogen (secondary N) is 2. The van der Waals surface area contributed by atoms with Crippen LogP contribution in [-0.2, 0) is 14.6 Å². The van der Waals surface area contributed by atoms with Crippen LogP contribution in [-0.4, -0.2) is 25.5 Å². The number of sulfone groups is 1. The van der Waals surface area contributed by atoms with Crippen molar-refractivity contribution in [3.63, 3.8) is 0 Å². The van der Waals surface area contributed by atoms with E-state index in [1.807, 2.05) is 0 Å². The van der Waals surface area contributed by atoms with E-state index in [9.17, 15) is 18.0 Å². The Morgan fingerprint density at radius 3 is 2.31 bits per heavy atom. The average Bonchev–Trinajstić information content (AvgIpc) is 2.57. The zero-order valence-electron chi connectivity index (χ0n) is 14.5. The number of rotatable bonds is 5. The SMILES string of the molecule is CC(=O)Nc1ccc(Cl)c(NC(=O)c2ccccc2S(=O)(=O)C(C)C)c1. The van der Waals surface area contributed by atoms with Crippen molar-refractivity contribution in [3.8, 4) is 0 Å². The molecule has 0 fully saturated rings. The molecule has 2 amide bonds. The van der Waals surface area contributed by atoms with E-state index in [4.69, 9.17) is 11.6 Å². The van der Waals surface area contributed by atoms with Crippen molar-refractivity contribution in [2.24, 2.45) is 0 Å². The second-order valence-corrected chi connectivity index (χ2v) is 8.80. The minimum atomic E-state index is -3.63. The summed E-state index contributed by atoms with van der Waals surface area (Å²) < 4.78 is 25.0. The predicted molar refractivity (Wildman–Crippen MR) is 102 cm³/mol. The second kappa shape index (κ2) is 7.88. The lowest BCUT2D eigenvalue weighted by Crippen LogP contribution is -2.21. The van der Waals surface area contributed by atoms with Gasteiger partial charge in [0.15, 0.2) is 9.84 Å². The largest absolute Gasteiger partial charge is 0.326 e. The number of amides is 2. The van der Waals surface area contributed by atoms with E-state index in [0.717, 1.165) is 0 Å². The van der Waals surface area contributed by atoms with Crippen molar-refractivity contribution in [3.05, 3.63) is 53.1 Å². The monoisotopic (exact) mass is 394 g/mol. The average molecular weight is 395 g/mol. The maximum Gasteiger partial charge on any atom is 0.257 e. The number of hydrogen-bond donors (Lipinski definition) is 2. The van der Waals surface area contributed by atoms with Crippen LogP contribution in [0.4, 0.5) is 11.4 Å². The molecule has 0 bridgehead atoms. The number of benzene rings is 2. The van der Waals surface area contributed by atoms with E-state index in [1.54, 1.807) is 32.0 Å². The Hall–Kier alpha value is -2.38. The van der Waals surface area contributed by atoms with Gasteiger partial charge in [-0.2, -0.15) is 0 Å². The van der Waals surface area contributed by atoms with E-state index in [0.29, 0.717) is 5.69 Å². The Balaban J connectivity index is 2.39. The smallest absolute Gasteiger partial charge is 0.257 e. The number of hydrogen-bond acceptors (Lipinski definition) is 4. The van der Waals surface area contributed by atoms with E-state index in [2.05, 4.69) is 10.6 Å². The van der Waals surface area contributed by atoms with Gasteiger partial charge < -0.3 is 10.6 Å². The molecule has 2 rings (SSSR count). The van der Waals surface area contributed by atoms with Crippen molar-refractivity contribution in [2.75, 3.05) is 10.6 Å². The molecule has 6 nitrogen and oxygen atoms in total. The Labute approximate surface area is 157 Å². The predicted octanol–water partition coefficient (Wildman–Crippen LogP) is 3.73. The zero-order valence-corrected chi connectivity index (χ0v) is 16.1. The summed E-state index contributed by atoms with van der Waals surface area (Å²) >= 11 is 6.10. The van der Waals surface area contributed by atoms with Gasteiger partial charge in [-0.15, -0.1) is 0 Å². The fourth-order valence-electron chi connectivity index (χ4n) is 2.25. The number of carbonyl (C=O) groups excluding carboxylic acids is 2. The van der Waals surface area contributed by atoms with Gasteiger partial charge in [-0.1, -0.05) is 23.7 Å². The molecule has 0 aliphatic rings. The molecule has 26 heavy (non-hydrogen) atoms. The Kier molecular flexibility index (Phi) is 6.05. The van der Waals surface area contributed by atoms with Gasteiger partial charge in [0.2, 0.25) is 5.91 Å². The summed E-state index contributed by atoms with van der Waals surface area (Å²) in [6.07, 6.45) is 0. The van der Waals surface area contributed by atoms with Gasteiger partial charge in [0.05, 0.1) is 26.4 Å². The van der Waals surface area contributed by atoms with Gasteiger partial charge in [-0.3, -0.25) is 9.59 Å². The highest BCUT2D eigenvalue weighted by molar-refractivity contribution is 7.92. The highest BCUT2D eigenvalue weighted by atomic mass is 35.5. The van der Waals surface area contributed by atoms with Crippen LogP contribution >= 0.6 is 11.6 Å². The molecule has 0 aliphatic heterocycles. The maximum absolute atomic E-state index is 12.7. The lowest BCUT2D eigenvalue weighted by Gasteiger charge is -2.14. The third-order valence-electron chi connectivity index (χ3n) is 3.59. The van der Waals surface area contributed by atoms with E-state index in [-0.39, 0.29) is 27.1 Å². The fraction of sp³-hybridized carbons (Fsp3) is 0.222. The molecule has 0 spiro atoms. The Morgan fingerprint density at radius 1 is 1.04 bits per heavy atom. The molecule has 0 unspecified atom stereocenters. The molecule has 2 N–H and O–H groups in total. The van der Waals surface area contributed by atoms with E-state index < -0.39 is 21.0 Å². The van der Waals surface area contributed by atoms with Crippen molar-refractivity contribution < 1.29 is 18.0 Å².